The van der Waals surface area contributed by atoms with Gasteiger partial charge in [0, 0.05) is 40.1 Å². The van der Waals surface area contributed by atoms with Crippen molar-refractivity contribution < 1.29 is 9.53 Å². The summed E-state index contributed by atoms with van der Waals surface area (Å²) in [7, 11) is 1.49. The Labute approximate surface area is 208 Å². The summed E-state index contributed by atoms with van der Waals surface area (Å²) < 4.78 is 5.26. The SMILES string of the molecule is COC(=O)[C@]1(C)CCC[C@]2(C)c3ccc4nc5c6cccnc6c6ncccc6c5nc4c3C=CC12. The number of pyridine rings is 2. The number of aromatic nitrogens is 4. The van der Waals surface area contributed by atoms with Gasteiger partial charge in [-0.05, 0) is 55.7 Å². The molecule has 0 aliphatic heterocycles. The lowest BCUT2D eigenvalue weighted by atomic mass is 9.51. The molecule has 5 aromatic rings. The van der Waals surface area contributed by atoms with Gasteiger partial charge in [0.1, 0.15) is 0 Å². The molecule has 6 heteroatoms. The van der Waals surface area contributed by atoms with Crippen molar-refractivity contribution in [2.24, 2.45) is 11.3 Å². The number of carbonyl (C=O) groups excluding carboxylic acids is 1. The van der Waals surface area contributed by atoms with E-state index in [4.69, 9.17) is 14.7 Å². The highest BCUT2D eigenvalue weighted by Gasteiger charge is 2.54. The standard InChI is InChI=1S/C30H26N4O2/c1-29-13-6-14-30(2,28(35)36-3)22(29)12-9-17-20(29)10-11-21-23(17)34-27-19-8-5-16-32-25(19)24-18(26(27)33-21)7-4-15-31-24/h4-5,7-12,15-16,22H,6,13-14H2,1-3H3/t22?,29-,30-/m1/s1. The normalized spacial score (nSPS) is 25.2. The van der Waals surface area contributed by atoms with Gasteiger partial charge < -0.3 is 4.74 Å². The summed E-state index contributed by atoms with van der Waals surface area (Å²) in [5.41, 5.74) is 6.68. The molecule has 7 rings (SSSR count). The van der Waals surface area contributed by atoms with E-state index in [0.29, 0.717) is 0 Å². The molecule has 6 nitrogen and oxygen atoms in total. The first-order valence-electron chi connectivity index (χ1n) is 12.5. The van der Waals surface area contributed by atoms with Crippen LogP contribution in [0.5, 0.6) is 0 Å². The number of carbonyl (C=O) groups is 1. The quantitative estimate of drug-likeness (QED) is 0.165. The van der Waals surface area contributed by atoms with Crippen LogP contribution < -0.4 is 0 Å². The van der Waals surface area contributed by atoms with E-state index in [2.05, 4.69) is 48.1 Å². The van der Waals surface area contributed by atoms with Crippen LogP contribution in [0.25, 0.3) is 49.9 Å². The minimum Gasteiger partial charge on any atom is -0.469 e. The van der Waals surface area contributed by atoms with Gasteiger partial charge >= 0.3 is 5.97 Å². The van der Waals surface area contributed by atoms with Crippen LogP contribution in [-0.4, -0.2) is 33.0 Å². The van der Waals surface area contributed by atoms with E-state index in [0.717, 1.165) is 68.7 Å². The minimum atomic E-state index is -0.548. The summed E-state index contributed by atoms with van der Waals surface area (Å²) in [4.78, 5) is 32.5. The average molecular weight is 475 g/mol. The second kappa shape index (κ2) is 7.29. The first kappa shape index (κ1) is 21.4. The van der Waals surface area contributed by atoms with Crippen LogP contribution >= 0.6 is 0 Å². The Balaban J connectivity index is 1.54. The van der Waals surface area contributed by atoms with Crippen LogP contribution in [0.2, 0.25) is 0 Å². The molecule has 36 heavy (non-hydrogen) atoms. The third-order valence-corrected chi connectivity index (χ3v) is 8.71. The number of esters is 1. The summed E-state index contributed by atoms with van der Waals surface area (Å²) >= 11 is 0. The van der Waals surface area contributed by atoms with Crippen molar-refractivity contribution in [3.63, 3.8) is 0 Å². The lowest BCUT2D eigenvalue weighted by Gasteiger charge is -2.51. The van der Waals surface area contributed by atoms with E-state index in [1.807, 2.05) is 24.3 Å². The fourth-order valence-corrected chi connectivity index (χ4v) is 6.97. The average Bonchev–Trinajstić information content (AvgIpc) is 2.91. The molecule has 1 saturated carbocycles. The number of hydrogen-bond donors (Lipinski definition) is 0. The van der Waals surface area contributed by atoms with Crippen molar-refractivity contribution in [3.05, 3.63) is 66.0 Å². The third-order valence-electron chi connectivity index (χ3n) is 8.71. The zero-order valence-electron chi connectivity index (χ0n) is 20.6. The van der Waals surface area contributed by atoms with Gasteiger partial charge in [-0.25, -0.2) is 9.97 Å². The molecule has 2 aromatic carbocycles. The van der Waals surface area contributed by atoms with Gasteiger partial charge in [-0.2, -0.15) is 0 Å². The van der Waals surface area contributed by atoms with Crippen LogP contribution in [0, 0.1) is 11.3 Å². The van der Waals surface area contributed by atoms with Crippen molar-refractivity contribution in [2.75, 3.05) is 7.11 Å². The highest BCUT2D eigenvalue weighted by Crippen LogP contribution is 2.57. The zero-order valence-corrected chi connectivity index (χ0v) is 20.6. The summed E-state index contributed by atoms with van der Waals surface area (Å²) in [6.45, 7) is 4.35. The van der Waals surface area contributed by atoms with E-state index in [9.17, 15) is 4.79 Å². The van der Waals surface area contributed by atoms with Gasteiger partial charge in [-0.3, -0.25) is 14.8 Å². The van der Waals surface area contributed by atoms with Crippen LogP contribution in [0.1, 0.15) is 44.2 Å². The van der Waals surface area contributed by atoms with Gasteiger partial charge in [-0.15, -0.1) is 0 Å². The Morgan fingerprint density at radius 2 is 1.58 bits per heavy atom. The van der Waals surface area contributed by atoms with Gasteiger partial charge in [-0.1, -0.05) is 31.6 Å². The van der Waals surface area contributed by atoms with Gasteiger partial charge in [0.25, 0.3) is 0 Å². The van der Waals surface area contributed by atoms with E-state index in [1.54, 1.807) is 12.4 Å². The summed E-state index contributed by atoms with van der Waals surface area (Å²) in [5, 5.41) is 1.90. The maximum absolute atomic E-state index is 12.9. The maximum atomic E-state index is 12.9. The number of methoxy groups -OCH3 is 1. The second-order valence-electron chi connectivity index (χ2n) is 10.6. The molecule has 0 N–H and O–H groups in total. The van der Waals surface area contributed by atoms with Crippen LogP contribution in [0.15, 0.2) is 54.9 Å². The molecule has 0 bridgehead atoms. The number of nitrogens with zero attached hydrogens (tertiary/aromatic N) is 4. The van der Waals surface area contributed by atoms with E-state index in [1.165, 1.54) is 12.7 Å². The predicted octanol–water partition coefficient (Wildman–Crippen LogP) is 6.14. The Kier molecular flexibility index (Phi) is 4.33. The molecule has 0 amide bonds. The lowest BCUT2D eigenvalue weighted by Crippen LogP contribution is -2.50. The smallest absolute Gasteiger partial charge is 0.312 e. The maximum Gasteiger partial charge on any atom is 0.312 e. The van der Waals surface area contributed by atoms with Crippen molar-refractivity contribution in [3.8, 4) is 0 Å². The van der Waals surface area contributed by atoms with E-state index in [-0.39, 0.29) is 17.3 Å². The van der Waals surface area contributed by atoms with Gasteiger partial charge in [0.05, 0.1) is 45.6 Å². The monoisotopic (exact) mass is 474 g/mol. The Morgan fingerprint density at radius 1 is 0.889 bits per heavy atom. The minimum absolute atomic E-state index is 0.0598. The van der Waals surface area contributed by atoms with Crippen molar-refractivity contribution in [1.29, 1.82) is 0 Å². The molecule has 0 saturated heterocycles. The molecule has 2 aliphatic rings. The summed E-state index contributed by atoms with van der Waals surface area (Å²) in [5.74, 6) is -0.0674. The predicted molar refractivity (Wildman–Crippen MR) is 141 cm³/mol. The fraction of sp³-hybridized carbons (Fsp3) is 0.300. The molecule has 0 spiro atoms. The summed E-state index contributed by atoms with van der Waals surface area (Å²) in [6, 6.07) is 12.2. The molecule has 178 valence electrons. The van der Waals surface area contributed by atoms with Crippen LogP contribution in [0.3, 0.4) is 0 Å². The molecule has 2 aliphatic carbocycles. The largest absolute Gasteiger partial charge is 0.469 e. The molecule has 1 fully saturated rings. The van der Waals surface area contributed by atoms with Crippen LogP contribution in [0.4, 0.5) is 0 Å². The molecule has 0 radical (unpaired) electrons. The molecule has 3 heterocycles. The van der Waals surface area contributed by atoms with Crippen molar-refractivity contribution in [2.45, 2.75) is 38.5 Å². The lowest BCUT2D eigenvalue weighted by molar-refractivity contribution is -0.158. The number of hydrogen-bond acceptors (Lipinski definition) is 6. The fourth-order valence-electron chi connectivity index (χ4n) is 6.97. The van der Waals surface area contributed by atoms with Gasteiger partial charge in [0.2, 0.25) is 0 Å². The van der Waals surface area contributed by atoms with E-state index >= 15 is 0 Å². The molecular formula is C30H26N4O2. The topological polar surface area (TPSA) is 77.9 Å². The summed E-state index contributed by atoms with van der Waals surface area (Å²) in [6.07, 6.45) is 10.8. The highest BCUT2D eigenvalue weighted by molar-refractivity contribution is 6.21. The Morgan fingerprint density at radius 3 is 2.28 bits per heavy atom. The number of allylic oxidation sites excluding steroid dienone is 1. The Hall–Kier alpha value is -3.93. The van der Waals surface area contributed by atoms with Crippen molar-refractivity contribution in [1.82, 2.24) is 19.9 Å². The Bertz CT molecular complexity index is 1780. The number of rotatable bonds is 1. The van der Waals surface area contributed by atoms with Crippen LogP contribution in [-0.2, 0) is 14.9 Å². The highest BCUT2D eigenvalue weighted by atomic mass is 16.5. The second-order valence-corrected chi connectivity index (χ2v) is 10.6. The van der Waals surface area contributed by atoms with Crippen molar-refractivity contribution >= 4 is 55.9 Å². The molecule has 1 unspecified atom stereocenters. The molecule has 3 aromatic heterocycles. The number of fused-ring (bicyclic) bond motifs is 11. The number of ether oxygens (including phenoxy) is 1. The first-order valence-corrected chi connectivity index (χ1v) is 12.5. The first-order chi connectivity index (χ1) is 17.5. The molecular weight excluding hydrogens is 448 g/mol. The number of benzene rings is 2. The third kappa shape index (κ3) is 2.64. The van der Waals surface area contributed by atoms with E-state index < -0.39 is 5.41 Å². The zero-order chi connectivity index (χ0) is 24.7. The molecule has 3 atom stereocenters. The van der Waals surface area contributed by atoms with Gasteiger partial charge in [0.15, 0.2) is 0 Å².